The Hall–Kier alpha value is -1.61. The normalized spacial score (nSPS) is 12.6. The Bertz CT molecular complexity index is 485. The molecule has 2 aromatic rings. The van der Waals surface area contributed by atoms with Crippen LogP contribution in [0, 0.1) is 13.8 Å². The SMILES string of the molecule is CCCNC(Cc1ccco1)c1cc(C)nc(C)c1. The fourth-order valence-corrected chi connectivity index (χ4v) is 2.32. The van der Waals surface area contributed by atoms with E-state index in [1.165, 1.54) is 5.56 Å². The number of nitrogens with one attached hydrogen (secondary N) is 1. The predicted octanol–water partition coefficient (Wildman–Crippen LogP) is 3.57. The minimum atomic E-state index is 0.284. The standard InChI is InChI=1S/C16H22N2O/c1-4-7-17-16(11-15-6-5-8-19-15)14-9-12(2)18-13(3)10-14/h5-6,8-10,16-17H,4,7,11H2,1-3H3. The van der Waals surface area contributed by atoms with E-state index in [0.717, 1.165) is 36.5 Å². The van der Waals surface area contributed by atoms with Gasteiger partial charge in [-0.2, -0.15) is 0 Å². The highest BCUT2D eigenvalue weighted by atomic mass is 16.3. The maximum absolute atomic E-state index is 5.47. The number of hydrogen-bond acceptors (Lipinski definition) is 3. The van der Waals surface area contributed by atoms with Crippen molar-refractivity contribution in [3.63, 3.8) is 0 Å². The highest BCUT2D eigenvalue weighted by Crippen LogP contribution is 2.20. The Morgan fingerprint density at radius 1 is 1.26 bits per heavy atom. The van der Waals surface area contributed by atoms with Gasteiger partial charge in [0, 0.05) is 23.9 Å². The molecule has 0 aliphatic carbocycles. The molecule has 3 nitrogen and oxygen atoms in total. The van der Waals surface area contributed by atoms with E-state index >= 15 is 0 Å². The highest BCUT2D eigenvalue weighted by molar-refractivity contribution is 5.25. The topological polar surface area (TPSA) is 38.1 Å². The monoisotopic (exact) mass is 258 g/mol. The second-order valence-corrected chi connectivity index (χ2v) is 4.97. The molecule has 1 N–H and O–H groups in total. The van der Waals surface area contributed by atoms with E-state index in [2.05, 4.69) is 29.4 Å². The zero-order valence-corrected chi connectivity index (χ0v) is 11.9. The fraction of sp³-hybridized carbons (Fsp3) is 0.438. The van der Waals surface area contributed by atoms with E-state index in [4.69, 9.17) is 4.42 Å². The summed E-state index contributed by atoms with van der Waals surface area (Å²) in [7, 11) is 0. The van der Waals surface area contributed by atoms with Crippen LogP contribution in [0.15, 0.2) is 34.9 Å². The van der Waals surface area contributed by atoms with Gasteiger partial charge in [-0.3, -0.25) is 4.98 Å². The molecular weight excluding hydrogens is 236 g/mol. The summed E-state index contributed by atoms with van der Waals surface area (Å²) in [5, 5.41) is 3.59. The summed E-state index contributed by atoms with van der Waals surface area (Å²) in [4.78, 5) is 4.44. The summed E-state index contributed by atoms with van der Waals surface area (Å²) >= 11 is 0. The highest BCUT2D eigenvalue weighted by Gasteiger charge is 2.14. The van der Waals surface area contributed by atoms with E-state index in [9.17, 15) is 0 Å². The molecule has 1 atom stereocenters. The minimum Gasteiger partial charge on any atom is -0.469 e. The molecule has 0 saturated carbocycles. The van der Waals surface area contributed by atoms with Crippen LogP contribution in [0.2, 0.25) is 0 Å². The first-order chi connectivity index (χ1) is 9.19. The van der Waals surface area contributed by atoms with Crippen LogP contribution in [0.5, 0.6) is 0 Å². The van der Waals surface area contributed by atoms with Gasteiger partial charge < -0.3 is 9.73 Å². The summed E-state index contributed by atoms with van der Waals surface area (Å²) in [6.07, 6.45) is 3.73. The second-order valence-electron chi connectivity index (χ2n) is 4.97. The predicted molar refractivity (Wildman–Crippen MR) is 77.2 cm³/mol. The van der Waals surface area contributed by atoms with E-state index in [0.29, 0.717) is 0 Å². The fourth-order valence-electron chi connectivity index (χ4n) is 2.32. The first-order valence-corrected chi connectivity index (χ1v) is 6.90. The van der Waals surface area contributed by atoms with Gasteiger partial charge >= 0.3 is 0 Å². The van der Waals surface area contributed by atoms with Crippen LogP contribution in [-0.2, 0) is 6.42 Å². The van der Waals surface area contributed by atoms with Gasteiger partial charge in [0.15, 0.2) is 0 Å². The number of rotatable bonds is 6. The van der Waals surface area contributed by atoms with Crippen molar-refractivity contribution in [2.24, 2.45) is 0 Å². The first kappa shape index (κ1) is 13.8. The van der Waals surface area contributed by atoms with Gasteiger partial charge in [-0.15, -0.1) is 0 Å². The smallest absolute Gasteiger partial charge is 0.105 e. The summed E-state index contributed by atoms with van der Waals surface area (Å²) < 4.78 is 5.47. The maximum Gasteiger partial charge on any atom is 0.105 e. The number of aryl methyl sites for hydroxylation is 2. The lowest BCUT2D eigenvalue weighted by atomic mass is 10.0. The van der Waals surface area contributed by atoms with Gasteiger partial charge in [-0.05, 0) is 56.6 Å². The number of aromatic nitrogens is 1. The van der Waals surface area contributed by atoms with Crippen molar-refractivity contribution in [1.29, 1.82) is 0 Å². The largest absolute Gasteiger partial charge is 0.469 e. The van der Waals surface area contributed by atoms with Crippen molar-refractivity contribution in [2.75, 3.05) is 6.54 Å². The van der Waals surface area contributed by atoms with Gasteiger partial charge in [0.25, 0.3) is 0 Å². The molecule has 2 aromatic heterocycles. The molecule has 0 aliphatic rings. The molecule has 0 radical (unpaired) electrons. The summed E-state index contributed by atoms with van der Waals surface area (Å²) in [5.41, 5.74) is 3.42. The zero-order chi connectivity index (χ0) is 13.7. The molecule has 0 aromatic carbocycles. The van der Waals surface area contributed by atoms with Crippen LogP contribution in [0.4, 0.5) is 0 Å². The Morgan fingerprint density at radius 2 is 2.00 bits per heavy atom. The van der Waals surface area contributed by atoms with Crippen LogP contribution in [0.25, 0.3) is 0 Å². The second kappa shape index (κ2) is 6.53. The van der Waals surface area contributed by atoms with Crippen LogP contribution < -0.4 is 5.32 Å². The van der Waals surface area contributed by atoms with Gasteiger partial charge in [-0.25, -0.2) is 0 Å². The lowest BCUT2D eigenvalue weighted by molar-refractivity contribution is 0.448. The van der Waals surface area contributed by atoms with Gasteiger partial charge in [0.2, 0.25) is 0 Å². The lowest BCUT2D eigenvalue weighted by Gasteiger charge is -2.19. The molecule has 0 bridgehead atoms. The lowest BCUT2D eigenvalue weighted by Crippen LogP contribution is -2.24. The molecule has 2 heterocycles. The quantitative estimate of drug-likeness (QED) is 0.860. The van der Waals surface area contributed by atoms with Crippen molar-refractivity contribution in [2.45, 2.75) is 39.7 Å². The summed E-state index contributed by atoms with van der Waals surface area (Å²) in [6.45, 7) is 7.27. The average Bonchev–Trinajstić information content (AvgIpc) is 2.86. The minimum absolute atomic E-state index is 0.284. The van der Waals surface area contributed by atoms with Gasteiger partial charge in [-0.1, -0.05) is 6.92 Å². The third kappa shape index (κ3) is 3.93. The van der Waals surface area contributed by atoms with Crippen molar-refractivity contribution in [3.05, 3.63) is 53.2 Å². The molecule has 0 fully saturated rings. The van der Waals surface area contributed by atoms with Gasteiger partial charge in [0.1, 0.15) is 5.76 Å². The van der Waals surface area contributed by atoms with E-state index in [-0.39, 0.29) is 6.04 Å². The molecule has 0 spiro atoms. The van der Waals surface area contributed by atoms with Crippen molar-refractivity contribution >= 4 is 0 Å². The van der Waals surface area contributed by atoms with E-state index < -0.39 is 0 Å². The molecule has 2 rings (SSSR count). The zero-order valence-electron chi connectivity index (χ0n) is 11.9. The number of nitrogens with zero attached hydrogens (tertiary/aromatic N) is 1. The molecule has 0 amide bonds. The van der Waals surface area contributed by atoms with Crippen LogP contribution in [0.1, 0.15) is 42.1 Å². The first-order valence-electron chi connectivity index (χ1n) is 6.90. The average molecular weight is 258 g/mol. The molecule has 19 heavy (non-hydrogen) atoms. The molecular formula is C16H22N2O. The summed E-state index contributed by atoms with van der Waals surface area (Å²) in [5.74, 6) is 1.01. The molecule has 0 aliphatic heterocycles. The Kier molecular flexibility index (Phi) is 4.74. The van der Waals surface area contributed by atoms with Crippen LogP contribution >= 0.6 is 0 Å². The molecule has 3 heteroatoms. The van der Waals surface area contributed by atoms with E-state index in [1.807, 2.05) is 26.0 Å². The Morgan fingerprint density at radius 3 is 2.58 bits per heavy atom. The molecule has 0 saturated heterocycles. The maximum atomic E-state index is 5.47. The number of pyridine rings is 1. The van der Waals surface area contributed by atoms with Crippen LogP contribution in [-0.4, -0.2) is 11.5 Å². The van der Waals surface area contributed by atoms with Crippen molar-refractivity contribution in [3.8, 4) is 0 Å². The van der Waals surface area contributed by atoms with Crippen LogP contribution in [0.3, 0.4) is 0 Å². The Labute approximate surface area is 115 Å². The third-order valence-electron chi connectivity index (χ3n) is 3.13. The van der Waals surface area contributed by atoms with Crippen molar-refractivity contribution in [1.82, 2.24) is 10.3 Å². The molecule has 1 unspecified atom stereocenters. The van der Waals surface area contributed by atoms with E-state index in [1.54, 1.807) is 6.26 Å². The van der Waals surface area contributed by atoms with Gasteiger partial charge in [0.05, 0.1) is 6.26 Å². The molecule has 102 valence electrons. The Balaban J connectivity index is 2.20. The number of furan rings is 1. The summed E-state index contributed by atoms with van der Waals surface area (Å²) in [6, 6.07) is 8.56. The number of hydrogen-bond donors (Lipinski definition) is 1. The van der Waals surface area contributed by atoms with Crippen molar-refractivity contribution < 1.29 is 4.42 Å². The third-order valence-corrected chi connectivity index (χ3v) is 3.13.